The van der Waals surface area contributed by atoms with Crippen LogP contribution in [0.3, 0.4) is 0 Å². The van der Waals surface area contributed by atoms with E-state index in [0.717, 1.165) is 5.56 Å². The number of alkyl halides is 3. The van der Waals surface area contributed by atoms with Crippen molar-refractivity contribution in [3.63, 3.8) is 0 Å². The van der Waals surface area contributed by atoms with E-state index >= 15 is 0 Å². The van der Waals surface area contributed by atoms with E-state index in [1.54, 1.807) is 0 Å². The first-order chi connectivity index (χ1) is 11.0. The summed E-state index contributed by atoms with van der Waals surface area (Å²) in [5, 5.41) is 0. The molecular weight excluding hydrogens is 375 g/mol. The van der Waals surface area contributed by atoms with E-state index in [1.807, 2.05) is 6.92 Å². The van der Waals surface area contributed by atoms with E-state index in [0.29, 0.717) is 19.6 Å². The lowest BCUT2D eigenvalue weighted by Gasteiger charge is -2.09. The van der Waals surface area contributed by atoms with Crippen LogP contribution in [0.2, 0.25) is 0 Å². The van der Waals surface area contributed by atoms with Gasteiger partial charge in [0.05, 0.1) is 6.61 Å². The van der Waals surface area contributed by atoms with Crippen LogP contribution in [0.15, 0.2) is 24.3 Å². The van der Waals surface area contributed by atoms with Gasteiger partial charge in [0.25, 0.3) is 0 Å². The Balaban J connectivity index is 0.000000561. The Morgan fingerprint density at radius 3 is 2.08 bits per heavy atom. The second-order valence-corrected chi connectivity index (χ2v) is 6.51. The Hall–Kier alpha value is -1.37. The summed E-state index contributed by atoms with van der Waals surface area (Å²) < 4.78 is 87.3. The van der Waals surface area contributed by atoms with Gasteiger partial charge in [0.1, 0.15) is 5.75 Å². The Kier molecular flexibility index (Phi) is 9.89. The van der Waals surface area contributed by atoms with Gasteiger partial charge < -0.3 is 8.92 Å². The van der Waals surface area contributed by atoms with Crippen LogP contribution in [-0.2, 0) is 32.2 Å². The Morgan fingerprint density at radius 2 is 1.71 bits per heavy atom. The summed E-state index contributed by atoms with van der Waals surface area (Å²) in [5.41, 5.74) is -4.53. The van der Waals surface area contributed by atoms with Crippen molar-refractivity contribution in [3.8, 4) is 5.75 Å². The number of ether oxygens (including phenoxy) is 1. The summed E-state index contributed by atoms with van der Waals surface area (Å²) in [6, 6.07) is 5.37. The number of rotatable bonds is 7. The smallest absolute Gasteiger partial charge is 0.383 e. The third-order valence-corrected chi connectivity index (χ3v) is 3.83. The third-order valence-electron chi connectivity index (χ3n) is 2.37. The number of methoxy groups -OCH3 is 1. The monoisotopic (exact) mass is 393 g/mol. The van der Waals surface area contributed by atoms with Gasteiger partial charge in [-0.25, -0.2) is 13.1 Å². The van der Waals surface area contributed by atoms with E-state index in [-0.39, 0.29) is 5.75 Å². The summed E-state index contributed by atoms with van der Waals surface area (Å²) in [6.07, 6.45) is 0.701. The van der Waals surface area contributed by atoms with Crippen LogP contribution in [0.5, 0.6) is 5.75 Å². The molecule has 140 valence electrons. The number of thiol groups is 1. The molecule has 1 aromatic rings. The first-order valence-electron chi connectivity index (χ1n) is 6.50. The van der Waals surface area contributed by atoms with Gasteiger partial charge in [-0.1, -0.05) is 19.1 Å². The van der Waals surface area contributed by atoms with Crippen molar-refractivity contribution in [1.29, 1.82) is 0 Å². The molecule has 0 aromatic heterocycles. The van der Waals surface area contributed by atoms with Crippen LogP contribution in [0, 0.1) is 0 Å². The lowest BCUT2D eigenvalue weighted by Crippen LogP contribution is -2.28. The molecule has 0 atom stereocenters. The fourth-order valence-corrected chi connectivity index (χ4v) is 1.93. The minimum absolute atomic E-state index is 0.352. The number of benzene rings is 1. The van der Waals surface area contributed by atoms with Gasteiger partial charge in [0, 0.05) is 13.7 Å². The molecule has 1 rings (SSSR count). The molecule has 0 aliphatic heterocycles. The second-order valence-electron chi connectivity index (χ2n) is 4.14. The fourth-order valence-electron chi connectivity index (χ4n) is 1.19. The largest absolute Gasteiger partial charge is 0.534 e. The fraction of sp³-hybridized carbons (Fsp3) is 0.500. The Morgan fingerprint density at radius 1 is 1.17 bits per heavy atom. The van der Waals surface area contributed by atoms with Crippen molar-refractivity contribution in [2.24, 2.45) is 0 Å². The van der Waals surface area contributed by atoms with Gasteiger partial charge in [-0.3, -0.25) is 0 Å². The number of aryl methyl sites for hydroxylation is 1. The average Bonchev–Trinajstić information content (AvgIpc) is 2.47. The molecule has 12 heteroatoms. The van der Waals surface area contributed by atoms with Gasteiger partial charge in [0.15, 0.2) is 0 Å². The molecule has 0 spiro atoms. The third kappa shape index (κ3) is 9.05. The highest BCUT2D eigenvalue weighted by Crippen LogP contribution is 2.26. The normalized spacial score (nSPS) is 11.8. The maximum absolute atomic E-state index is 12.0. The lowest BCUT2D eigenvalue weighted by atomic mass is 10.2. The van der Waals surface area contributed by atoms with Gasteiger partial charge in [-0.2, -0.15) is 21.6 Å². The molecule has 0 bridgehead atoms. The average molecular weight is 393 g/mol. The maximum atomic E-state index is 12.0. The number of hydrogen-bond donors (Lipinski definition) is 2. The van der Waals surface area contributed by atoms with Gasteiger partial charge in [-0.05, 0) is 24.1 Å². The van der Waals surface area contributed by atoms with Gasteiger partial charge in [-0.15, -0.1) is 0 Å². The Labute approximate surface area is 140 Å². The topological polar surface area (TPSA) is 98.8 Å². The quantitative estimate of drug-likeness (QED) is 0.313. The van der Waals surface area contributed by atoms with Crippen LogP contribution in [-0.4, -0.2) is 42.6 Å². The lowest BCUT2D eigenvalue weighted by molar-refractivity contribution is -0.0500. The van der Waals surface area contributed by atoms with E-state index in [4.69, 9.17) is 0 Å². The maximum Gasteiger partial charge on any atom is 0.534 e. The first-order valence-corrected chi connectivity index (χ1v) is 9.08. The molecular formula is C12H18F3NO6S2. The molecule has 0 amide bonds. The van der Waals surface area contributed by atoms with E-state index < -0.39 is 26.5 Å². The zero-order valence-electron chi connectivity index (χ0n) is 12.9. The summed E-state index contributed by atoms with van der Waals surface area (Å²) in [6.45, 7) is 2.64. The van der Waals surface area contributed by atoms with Crippen LogP contribution >= 0.6 is 0 Å². The molecule has 24 heavy (non-hydrogen) atoms. The van der Waals surface area contributed by atoms with E-state index in [9.17, 15) is 30.0 Å². The first kappa shape index (κ1) is 22.6. The highest BCUT2D eigenvalue weighted by molar-refractivity contribution is 7.88. The summed E-state index contributed by atoms with van der Waals surface area (Å²) in [5.74, 6) is -0.352. The molecule has 0 saturated heterocycles. The number of halogens is 3. The SMILES string of the molecule is CCc1ccc(OS(=O)(=O)C(F)(F)F)cc1.COCCN[SH](=O)=O. The van der Waals surface area contributed by atoms with Crippen molar-refractivity contribution >= 4 is 21.0 Å². The van der Waals surface area contributed by atoms with Crippen molar-refractivity contribution in [2.45, 2.75) is 18.9 Å². The van der Waals surface area contributed by atoms with Crippen molar-refractivity contribution in [2.75, 3.05) is 20.3 Å². The standard InChI is InChI=1S/C9H9F3O3S.C3H9NO3S/c1-2-7-3-5-8(6-4-7)15-16(13,14)9(10,11)12;1-7-3-2-4-8(5)6/h3-6H,2H2,1H3;8H,2-3H2,1H3,(H,4,5,6). The number of nitrogens with one attached hydrogen (secondary N) is 1. The molecule has 0 fully saturated rings. The van der Waals surface area contributed by atoms with Crippen molar-refractivity contribution < 1.29 is 38.9 Å². The zero-order valence-corrected chi connectivity index (χ0v) is 14.6. The van der Waals surface area contributed by atoms with Gasteiger partial charge >= 0.3 is 15.6 Å². The molecule has 7 nitrogen and oxygen atoms in total. The molecule has 0 aliphatic rings. The highest BCUT2D eigenvalue weighted by atomic mass is 32.2. The molecule has 1 N–H and O–H groups in total. The number of hydrogen-bond acceptors (Lipinski definition) is 6. The predicted molar refractivity (Wildman–Crippen MR) is 81.6 cm³/mol. The molecule has 0 aliphatic carbocycles. The van der Waals surface area contributed by atoms with E-state index in [2.05, 4.69) is 13.6 Å². The molecule has 0 unspecified atom stereocenters. The van der Waals surface area contributed by atoms with Crippen LogP contribution < -0.4 is 8.91 Å². The minimum atomic E-state index is -5.57. The zero-order chi connectivity index (χ0) is 18.8. The summed E-state index contributed by atoms with van der Waals surface area (Å²) in [7, 11) is -6.50. The van der Waals surface area contributed by atoms with Crippen molar-refractivity contribution in [1.82, 2.24) is 4.72 Å². The van der Waals surface area contributed by atoms with Gasteiger partial charge in [0.2, 0.25) is 10.9 Å². The summed E-state index contributed by atoms with van der Waals surface area (Å²) in [4.78, 5) is 0. The minimum Gasteiger partial charge on any atom is -0.383 e. The highest BCUT2D eigenvalue weighted by Gasteiger charge is 2.48. The second kappa shape index (κ2) is 10.5. The van der Waals surface area contributed by atoms with Crippen LogP contribution in [0.4, 0.5) is 13.2 Å². The van der Waals surface area contributed by atoms with Crippen LogP contribution in [0.1, 0.15) is 12.5 Å². The molecule has 1 aromatic carbocycles. The van der Waals surface area contributed by atoms with E-state index in [1.165, 1.54) is 31.4 Å². The molecule has 0 saturated carbocycles. The molecule has 0 heterocycles. The van der Waals surface area contributed by atoms with Crippen LogP contribution in [0.25, 0.3) is 0 Å². The van der Waals surface area contributed by atoms with Crippen molar-refractivity contribution in [3.05, 3.63) is 29.8 Å². The Bertz CT molecular complexity index is 648. The summed E-state index contributed by atoms with van der Waals surface area (Å²) >= 11 is 0. The predicted octanol–water partition coefficient (Wildman–Crippen LogP) is 1.23. The molecule has 0 radical (unpaired) electrons.